The molecule has 0 radical (unpaired) electrons. The predicted molar refractivity (Wildman–Crippen MR) is 137 cm³/mol. The van der Waals surface area contributed by atoms with Gasteiger partial charge >= 0.3 is 5.97 Å². The fourth-order valence-electron chi connectivity index (χ4n) is 4.58. The number of fused-ring (bicyclic) bond motifs is 2. The van der Waals surface area contributed by atoms with Gasteiger partial charge in [0.2, 0.25) is 0 Å². The van der Waals surface area contributed by atoms with Crippen LogP contribution in [-0.4, -0.2) is 20.9 Å². The van der Waals surface area contributed by atoms with Crippen LogP contribution in [0.1, 0.15) is 40.0 Å². The normalized spacial score (nSPS) is 12.2. The third-order valence-corrected chi connectivity index (χ3v) is 6.20. The van der Waals surface area contributed by atoms with Gasteiger partial charge in [-0.05, 0) is 62.2 Å². The molecule has 0 aliphatic carbocycles. The highest BCUT2D eigenvalue weighted by Gasteiger charge is 2.19. The first-order valence-corrected chi connectivity index (χ1v) is 11.3. The second kappa shape index (κ2) is 8.43. The summed E-state index contributed by atoms with van der Waals surface area (Å²) in [6.45, 7) is 5.83. The maximum atomic E-state index is 13.2. The zero-order chi connectivity index (χ0) is 24.9. The number of aromatic nitrogens is 2. The van der Waals surface area contributed by atoms with Crippen LogP contribution < -0.4 is 10.7 Å². The van der Waals surface area contributed by atoms with Crippen molar-refractivity contribution < 1.29 is 14.3 Å². The summed E-state index contributed by atoms with van der Waals surface area (Å²) in [7, 11) is 1.88. The van der Waals surface area contributed by atoms with Crippen LogP contribution >= 0.6 is 0 Å². The summed E-state index contributed by atoms with van der Waals surface area (Å²) in [5.41, 5.74) is 5.42. The molecule has 0 fully saturated rings. The van der Waals surface area contributed by atoms with Crippen molar-refractivity contribution in [2.45, 2.75) is 26.8 Å². The second-order valence-corrected chi connectivity index (χ2v) is 8.96. The minimum Gasteiger partial charge on any atom is -0.478 e. The molecule has 0 saturated heterocycles. The van der Waals surface area contributed by atoms with Crippen LogP contribution in [0, 0.1) is 13.8 Å². The molecule has 7 heteroatoms. The highest BCUT2D eigenvalue weighted by atomic mass is 16.4. The number of anilines is 1. The van der Waals surface area contributed by atoms with Gasteiger partial charge in [-0.1, -0.05) is 18.2 Å². The number of carboxylic acids is 1. The highest BCUT2D eigenvalue weighted by molar-refractivity contribution is 5.94. The van der Waals surface area contributed by atoms with Gasteiger partial charge in [-0.25, -0.2) is 4.79 Å². The van der Waals surface area contributed by atoms with Gasteiger partial charge in [-0.2, -0.15) is 5.10 Å². The van der Waals surface area contributed by atoms with Gasteiger partial charge < -0.3 is 14.8 Å². The Balaban J connectivity index is 1.66. The van der Waals surface area contributed by atoms with Gasteiger partial charge in [0.25, 0.3) is 0 Å². The Hall–Kier alpha value is -4.39. The number of rotatable bonds is 5. The predicted octanol–water partition coefficient (Wildman–Crippen LogP) is 5.83. The highest BCUT2D eigenvalue weighted by Crippen LogP contribution is 2.32. The molecular weight excluding hydrogens is 442 g/mol. The van der Waals surface area contributed by atoms with E-state index in [0.29, 0.717) is 22.4 Å². The third-order valence-electron chi connectivity index (χ3n) is 6.20. The van der Waals surface area contributed by atoms with E-state index in [1.54, 1.807) is 28.9 Å². The molecular formula is C28H25N3O4. The van der Waals surface area contributed by atoms with Gasteiger partial charge in [0.1, 0.15) is 11.3 Å². The number of benzene rings is 3. The standard InChI is InChI=1S/C28H25N3O4/c1-15-9-21(17(3)29-23-8-6-5-7-20(23)28(33)34)27-22(10-15)24(32)13-25(35-27)18-11-16(2)26-19(12-18)14-31(4)30-26/h5-14,17,29H,1-4H3,(H,33,34). The summed E-state index contributed by atoms with van der Waals surface area (Å²) >= 11 is 0. The third kappa shape index (κ3) is 4.05. The van der Waals surface area contributed by atoms with E-state index in [-0.39, 0.29) is 17.0 Å². The van der Waals surface area contributed by atoms with E-state index < -0.39 is 5.97 Å². The van der Waals surface area contributed by atoms with Crippen molar-refractivity contribution >= 4 is 33.5 Å². The minimum absolute atomic E-state index is 0.131. The number of hydrogen-bond acceptors (Lipinski definition) is 5. The maximum Gasteiger partial charge on any atom is 0.337 e. The summed E-state index contributed by atoms with van der Waals surface area (Å²) in [5.74, 6) is -0.538. The van der Waals surface area contributed by atoms with E-state index >= 15 is 0 Å². The Bertz CT molecular complexity index is 1680. The van der Waals surface area contributed by atoms with Crippen molar-refractivity contribution in [2.24, 2.45) is 7.05 Å². The van der Waals surface area contributed by atoms with E-state index in [1.807, 2.05) is 58.3 Å². The summed E-state index contributed by atoms with van der Waals surface area (Å²) in [5, 5.41) is 18.8. The number of aromatic carboxylic acids is 1. The lowest BCUT2D eigenvalue weighted by atomic mass is 9.99. The first kappa shape index (κ1) is 22.4. The van der Waals surface area contributed by atoms with Crippen LogP contribution in [0.2, 0.25) is 0 Å². The largest absolute Gasteiger partial charge is 0.478 e. The first-order valence-electron chi connectivity index (χ1n) is 11.3. The summed E-state index contributed by atoms with van der Waals surface area (Å²) in [6, 6.07) is 15.7. The van der Waals surface area contributed by atoms with Gasteiger partial charge in [-0.3, -0.25) is 9.48 Å². The Kier molecular flexibility index (Phi) is 5.40. The number of aryl methyl sites for hydroxylation is 3. The number of para-hydroxylation sites is 1. The summed E-state index contributed by atoms with van der Waals surface area (Å²) < 4.78 is 8.14. The average Bonchev–Trinajstić information content (AvgIpc) is 3.20. The molecule has 2 N–H and O–H groups in total. The zero-order valence-corrected chi connectivity index (χ0v) is 19.9. The van der Waals surface area contributed by atoms with Crippen molar-refractivity contribution in [1.29, 1.82) is 0 Å². The number of carbonyl (C=O) groups is 1. The Morgan fingerprint density at radius 2 is 1.89 bits per heavy atom. The van der Waals surface area contributed by atoms with Gasteiger partial charge in [0.15, 0.2) is 5.43 Å². The lowest BCUT2D eigenvalue weighted by Gasteiger charge is -2.19. The zero-order valence-electron chi connectivity index (χ0n) is 19.9. The average molecular weight is 468 g/mol. The molecule has 0 saturated carbocycles. The van der Waals surface area contributed by atoms with Crippen molar-refractivity contribution in [1.82, 2.24) is 9.78 Å². The van der Waals surface area contributed by atoms with Crippen LogP contribution in [0.25, 0.3) is 33.2 Å². The minimum atomic E-state index is -1.01. The lowest BCUT2D eigenvalue weighted by molar-refractivity contribution is 0.0698. The summed E-state index contributed by atoms with van der Waals surface area (Å²) in [4.78, 5) is 24.8. The van der Waals surface area contributed by atoms with E-state index in [2.05, 4.69) is 10.4 Å². The molecule has 7 nitrogen and oxygen atoms in total. The quantitative estimate of drug-likeness (QED) is 0.337. The number of nitrogens with zero attached hydrogens (tertiary/aromatic N) is 2. The molecule has 0 bridgehead atoms. The first-order chi connectivity index (χ1) is 16.7. The number of hydrogen-bond donors (Lipinski definition) is 2. The van der Waals surface area contributed by atoms with E-state index in [4.69, 9.17) is 4.42 Å². The van der Waals surface area contributed by atoms with Crippen LogP contribution in [0.15, 0.2) is 70.0 Å². The Morgan fingerprint density at radius 3 is 2.66 bits per heavy atom. The van der Waals surface area contributed by atoms with Crippen LogP contribution in [-0.2, 0) is 7.05 Å². The molecule has 2 aromatic heterocycles. The molecule has 5 rings (SSSR count). The van der Waals surface area contributed by atoms with Gasteiger partial charge in [-0.15, -0.1) is 0 Å². The smallest absolute Gasteiger partial charge is 0.337 e. The fraction of sp³-hybridized carbons (Fsp3) is 0.179. The monoisotopic (exact) mass is 467 g/mol. The molecule has 176 valence electrons. The fourth-order valence-corrected chi connectivity index (χ4v) is 4.58. The number of nitrogens with one attached hydrogen (secondary N) is 1. The van der Waals surface area contributed by atoms with Crippen molar-refractivity contribution in [3.05, 3.63) is 93.3 Å². The van der Waals surface area contributed by atoms with Gasteiger partial charge in [0.05, 0.1) is 22.5 Å². The molecule has 0 amide bonds. The second-order valence-electron chi connectivity index (χ2n) is 8.96. The molecule has 3 aromatic carbocycles. The molecule has 1 unspecified atom stereocenters. The summed E-state index contributed by atoms with van der Waals surface area (Å²) in [6.07, 6.45) is 1.94. The van der Waals surface area contributed by atoms with Crippen LogP contribution in [0.5, 0.6) is 0 Å². The van der Waals surface area contributed by atoms with Gasteiger partial charge in [0, 0.05) is 41.5 Å². The SMILES string of the molecule is Cc1cc(C(C)Nc2ccccc2C(=O)O)c2oc(-c3cc(C)c4nn(C)cc4c3)cc(=O)c2c1. The van der Waals surface area contributed by atoms with Crippen LogP contribution in [0.4, 0.5) is 5.69 Å². The van der Waals surface area contributed by atoms with Crippen molar-refractivity contribution in [3.63, 3.8) is 0 Å². The molecule has 0 aliphatic rings. The maximum absolute atomic E-state index is 13.2. The van der Waals surface area contributed by atoms with E-state index in [0.717, 1.165) is 33.2 Å². The molecule has 35 heavy (non-hydrogen) atoms. The van der Waals surface area contributed by atoms with Crippen molar-refractivity contribution in [3.8, 4) is 11.3 Å². The molecule has 0 aliphatic heterocycles. The Morgan fingerprint density at radius 1 is 1.11 bits per heavy atom. The van der Waals surface area contributed by atoms with Crippen molar-refractivity contribution in [2.75, 3.05) is 5.32 Å². The topological polar surface area (TPSA) is 97.4 Å². The lowest BCUT2D eigenvalue weighted by Crippen LogP contribution is -2.12. The molecule has 1 atom stereocenters. The van der Waals surface area contributed by atoms with E-state index in [9.17, 15) is 14.7 Å². The van der Waals surface area contributed by atoms with Crippen LogP contribution in [0.3, 0.4) is 0 Å². The molecule has 5 aromatic rings. The number of carboxylic acid groups (broad SMARTS) is 1. The molecule has 0 spiro atoms. The van der Waals surface area contributed by atoms with E-state index in [1.165, 1.54) is 6.07 Å². The Labute approximate surface area is 201 Å². The molecule has 2 heterocycles.